The van der Waals surface area contributed by atoms with E-state index in [9.17, 15) is 0 Å². The van der Waals surface area contributed by atoms with E-state index in [1.54, 1.807) is 0 Å². The third-order valence-electron chi connectivity index (χ3n) is 11.2. The number of benzene rings is 9. The van der Waals surface area contributed by atoms with E-state index in [4.69, 9.17) is 4.42 Å². The first-order valence-electron chi connectivity index (χ1n) is 19.4. The molecule has 2 heterocycles. The fraction of sp³-hybridized carbons (Fsp3) is 0. The zero-order valence-corrected chi connectivity index (χ0v) is 31.1. The first-order valence-corrected chi connectivity index (χ1v) is 19.4. The molecule has 9 aromatic carbocycles. The van der Waals surface area contributed by atoms with Gasteiger partial charge < -0.3 is 13.7 Å². The van der Waals surface area contributed by atoms with Gasteiger partial charge in [0.25, 0.3) is 0 Å². The third kappa shape index (κ3) is 5.68. The Morgan fingerprint density at radius 1 is 0.298 bits per heavy atom. The molecule has 11 aromatic rings. The predicted octanol–water partition coefficient (Wildman–Crippen LogP) is 15.2. The van der Waals surface area contributed by atoms with Gasteiger partial charge in [-0.3, -0.25) is 0 Å². The maximum Gasteiger partial charge on any atom is 0.151 e. The zero-order chi connectivity index (χ0) is 37.7. The Labute approximate surface area is 330 Å². The van der Waals surface area contributed by atoms with Crippen LogP contribution in [0.3, 0.4) is 0 Å². The minimum Gasteiger partial charge on any atom is -0.455 e. The van der Waals surface area contributed by atoms with E-state index >= 15 is 0 Å². The van der Waals surface area contributed by atoms with Crippen LogP contribution in [0.5, 0.6) is 0 Å². The second kappa shape index (κ2) is 13.6. The van der Waals surface area contributed by atoms with Gasteiger partial charge in [-0.25, -0.2) is 0 Å². The summed E-state index contributed by atoms with van der Waals surface area (Å²) in [6.45, 7) is 0. The summed E-state index contributed by atoms with van der Waals surface area (Å²) in [7, 11) is 0. The van der Waals surface area contributed by atoms with Crippen LogP contribution in [-0.4, -0.2) is 4.40 Å². The van der Waals surface area contributed by atoms with Crippen molar-refractivity contribution in [2.75, 3.05) is 4.90 Å². The number of nitrogens with zero attached hydrogens (tertiary/aromatic N) is 2. The largest absolute Gasteiger partial charge is 0.455 e. The van der Waals surface area contributed by atoms with Crippen molar-refractivity contribution in [2.24, 2.45) is 0 Å². The van der Waals surface area contributed by atoms with Crippen molar-refractivity contribution in [1.29, 1.82) is 0 Å². The summed E-state index contributed by atoms with van der Waals surface area (Å²) in [6.07, 6.45) is 0. The molecule has 0 saturated heterocycles. The van der Waals surface area contributed by atoms with Crippen LogP contribution in [0, 0.1) is 0 Å². The van der Waals surface area contributed by atoms with Gasteiger partial charge in [0, 0.05) is 38.6 Å². The van der Waals surface area contributed by atoms with Crippen LogP contribution in [0.4, 0.5) is 17.1 Å². The summed E-state index contributed by atoms with van der Waals surface area (Å²) in [4.78, 5) is 2.34. The molecular weight excluding hydrogens is 693 g/mol. The number of fused-ring (bicyclic) bond motifs is 7. The molecule has 3 nitrogen and oxygen atoms in total. The molecule has 11 rings (SSSR count). The molecule has 0 radical (unpaired) electrons. The average molecular weight is 729 g/mol. The van der Waals surface area contributed by atoms with Crippen molar-refractivity contribution < 1.29 is 4.42 Å². The predicted molar refractivity (Wildman–Crippen MR) is 239 cm³/mol. The van der Waals surface area contributed by atoms with E-state index in [2.05, 4.69) is 216 Å². The Hall–Kier alpha value is -7.62. The second-order valence-electron chi connectivity index (χ2n) is 14.5. The second-order valence-corrected chi connectivity index (χ2v) is 14.5. The molecule has 0 spiro atoms. The Morgan fingerprint density at radius 3 is 1.33 bits per heavy atom. The summed E-state index contributed by atoms with van der Waals surface area (Å²) in [5.41, 5.74) is 15.5. The van der Waals surface area contributed by atoms with Crippen LogP contribution in [0.2, 0.25) is 0 Å². The molecule has 268 valence electrons. The maximum absolute atomic E-state index is 6.60. The molecule has 3 heteroatoms. The van der Waals surface area contributed by atoms with Gasteiger partial charge in [0.05, 0.1) is 16.6 Å². The summed E-state index contributed by atoms with van der Waals surface area (Å²) in [5.74, 6) is 0. The van der Waals surface area contributed by atoms with E-state index in [0.29, 0.717) is 0 Å². The lowest BCUT2D eigenvalue weighted by atomic mass is 10.0. The van der Waals surface area contributed by atoms with E-state index in [-0.39, 0.29) is 0 Å². The van der Waals surface area contributed by atoms with Crippen LogP contribution < -0.4 is 4.90 Å². The van der Waals surface area contributed by atoms with Crippen LogP contribution in [0.15, 0.2) is 223 Å². The van der Waals surface area contributed by atoms with Gasteiger partial charge >= 0.3 is 0 Å². The van der Waals surface area contributed by atoms with Crippen molar-refractivity contribution in [3.8, 4) is 33.4 Å². The van der Waals surface area contributed by atoms with Gasteiger partial charge in [-0.2, -0.15) is 0 Å². The number of aromatic nitrogens is 1. The van der Waals surface area contributed by atoms with Crippen molar-refractivity contribution in [3.63, 3.8) is 0 Å². The van der Waals surface area contributed by atoms with Crippen molar-refractivity contribution in [2.45, 2.75) is 0 Å². The number of hydrogen-bond acceptors (Lipinski definition) is 2. The van der Waals surface area contributed by atoms with Gasteiger partial charge in [0.1, 0.15) is 5.58 Å². The Kier molecular flexibility index (Phi) is 7.82. The number of rotatable bonds is 6. The Morgan fingerprint density at radius 2 is 0.737 bits per heavy atom. The minimum absolute atomic E-state index is 0.840. The minimum atomic E-state index is 0.840. The average Bonchev–Trinajstić information content (AvgIpc) is 3.61. The summed E-state index contributed by atoms with van der Waals surface area (Å²) < 4.78 is 8.98. The molecule has 0 unspecified atom stereocenters. The van der Waals surface area contributed by atoms with Crippen molar-refractivity contribution >= 4 is 66.3 Å². The van der Waals surface area contributed by atoms with Gasteiger partial charge in [-0.1, -0.05) is 152 Å². The molecule has 0 aliphatic rings. The van der Waals surface area contributed by atoms with Gasteiger partial charge in [-0.05, 0) is 100 Å². The molecule has 2 aromatic heterocycles. The first kappa shape index (κ1) is 32.8. The van der Waals surface area contributed by atoms with Crippen molar-refractivity contribution in [1.82, 2.24) is 4.40 Å². The zero-order valence-electron chi connectivity index (χ0n) is 31.1. The highest BCUT2D eigenvalue weighted by atomic mass is 16.3. The number of anilines is 3. The maximum atomic E-state index is 6.60. The SMILES string of the molecule is c1ccc(-c2ccc(N(c3ccc(-c4ccccc4)cc3)c3ccc(-c4ccc5c(c4)c4cccc6c7ccccc7oc7ccccc7n5c64)cc3)cc2)cc1. The molecule has 0 saturated carbocycles. The van der Waals surface area contributed by atoms with Gasteiger partial charge in [-0.15, -0.1) is 0 Å². The molecule has 0 amide bonds. The number of para-hydroxylation sites is 4. The first-order chi connectivity index (χ1) is 28.3. The molecule has 0 bridgehead atoms. The van der Waals surface area contributed by atoms with Gasteiger partial charge in [0.15, 0.2) is 5.58 Å². The standard InChI is InChI=1S/C54H36N2O/c1-3-12-37(13-4-1)39-22-29-43(30-23-39)55(44-31-24-40(25-32-44)38-14-5-2-6-15-38)45-33-26-41(27-34-45)42-28-35-50-49(36-42)48-18-11-17-47-46-16-7-9-20-52(46)57-53-21-10-8-19-51(53)56(50)54(47)48/h1-36H. The Balaban J connectivity index is 1.03. The lowest BCUT2D eigenvalue weighted by Crippen LogP contribution is -2.09. The summed E-state index contributed by atoms with van der Waals surface area (Å²) in [6, 6.07) is 78.0. The van der Waals surface area contributed by atoms with Crippen LogP contribution in [-0.2, 0) is 0 Å². The molecule has 0 aliphatic heterocycles. The number of hydrogen-bond donors (Lipinski definition) is 0. The fourth-order valence-corrected chi connectivity index (χ4v) is 8.46. The topological polar surface area (TPSA) is 20.8 Å². The Bertz CT molecular complexity index is 3170. The van der Waals surface area contributed by atoms with E-state index in [1.165, 1.54) is 44.1 Å². The molecular formula is C54H36N2O. The highest BCUT2D eigenvalue weighted by Gasteiger charge is 2.17. The van der Waals surface area contributed by atoms with E-state index in [0.717, 1.165) is 55.6 Å². The third-order valence-corrected chi connectivity index (χ3v) is 11.2. The van der Waals surface area contributed by atoms with Gasteiger partial charge in [0.2, 0.25) is 0 Å². The highest BCUT2D eigenvalue weighted by molar-refractivity contribution is 6.20. The fourth-order valence-electron chi connectivity index (χ4n) is 8.46. The van der Waals surface area contributed by atoms with Crippen LogP contribution in [0.25, 0.3) is 82.6 Å². The molecule has 0 fully saturated rings. The molecule has 0 N–H and O–H groups in total. The normalized spacial score (nSPS) is 11.5. The molecule has 0 aliphatic carbocycles. The lowest BCUT2D eigenvalue weighted by Gasteiger charge is -2.26. The monoisotopic (exact) mass is 728 g/mol. The smallest absolute Gasteiger partial charge is 0.151 e. The molecule has 57 heavy (non-hydrogen) atoms. The summed E-state index contributed by atoms with van der Waals surface area (Å²) in [5, 5.41) is 4.68. The quantitative estimate of drug-likeness (QED) is 0.170. The van der Waals surface area contributed by atoms with E-state index < -0.39 is 0 Å². The summed E-state index contributed by atoms with van der Waals surface area (Å²) >= 11 is 0. The highest BCUT2D eigenvalue weighted by Crippen LogP contribution is 2.40. The van der Waals surface area contributed by atoms with E-state index in [1.807, 2.05) is 12.1 Å². The van der Waals surface area contributed by atoms with Crippen molar-refractivity contribution in [3.05, 3.63) is 218 Å². The lowest BCUT2D eigenvalue weighted by molar-refractivity contribution is 0.661. The van der Waals surface area contributed by atoms with Crippen LogP contribution >= 0.6 is 0 Å². The molecule has 0 atom stereocenters. The van der Waals surface area contributed by atoms with Crippen LogP contribution in [0.1, 0.15) is 0 Å².